The number of allylic oxidation sites excluding steroid dienone is 1. The van der Waals surface area contributed by atoms with Gasteiger partial charge in [0.25, 0.3) is 5.91 Å². The van der Waals surface area contributed by atoms with Crippen LogP contribution in [0.2, 0.25) is 0 Å². The van der Waals surface area contributed by atoms with E-state index in [0.717, 1.165) is 39.5 Å². The Morgan fingerprint density at radius 3 is 2.17 bits per heavy atom. The Bertz CT molecular complexity index is 1120. The molecule has 0 spiro atoms. The minimum absolute atomic E-state index is 0.0547. The smallest absolute Gasteiger partial charge is 0.252 e. The van der Waals surface area contributed by atoms with Gasteiger partial charge in [0.05, 0.1) is 26.5 Å². The summed E-state index contributed by atoms with van der Waals surface area (Å²) in [4.78, 5) is 14.8. The third-order valence-electron chi connectivity index (χ3n) is 5.11. The highest BCUT2D eigenvalue weighted by molar-refractivity contribution is 6.09. The van der Waals surface area contributed by atoms with Crippen molar-refractivity contribution in [1.82, 2.24) is 4.90 Å². The zero-order chi connectivity index (χ0) is 20.9. The van der Waals surface area contributed by atoms with Crippen molar-refractivity contribution < 1.29 is 14.3 Å². The lowest BCUT2D eigenvalue weighted by Crippen LogP contribution is -2.23. The number of benzene rings is 3. The Kier molecular flexibility index (Phi) is 5.66. The van der Waals surface area contributed by atoms with Crippen LogP contribution in [-0.4, -0.2) is 25.0 Å². The van der Waals surface area contributed by atoms with Crippen molar-refractivity contribution in [1.29, 1.82) is 0 Å². The Morgan fingerprint density at radius 1 is 0.800 bits per heavy atom. The third-order valence-corrected chi connectivity index (χ3v) is 5.11. The summed E-state index contributed by atoms with van der Waals surface area (Å²) in [5.74, 6) is 1.42. The number of methoxy groups -OCH3 is 2. The van der Waals surface area contributed by atoms with E-state index in [-0.39, 0.29) is 5.91 Å². The van der Waals surface area contributed by atoms with Gasteiger partial charge < -0.3 is 14.4 Å². The fraction of sp³-hybridized carbons (Fsp3) is 0.115. The molecular formula is C26H23NO3. The van der Waals surface area contributed by atoms with E-state index in [1.807, 2.05) is 84.9 Å². The lowest BCUT2D eigenvalue weighted by Gasteiger charge is -2.22. The number of rotatable bonds is 6. The number of amides is 1. The highest BCUT2D eigenvalue weighted by Gasteiger charge is 2.30. The summed E-state index contributed by atoms with van der Waals surface area (Å²) in [6, 6.07) is 25.5. The van der Waals surface area contributed by atoms with Gasteiger partial charge in [0.1, 0.15) is 11.5 Å². The highest BCUT2D eigenvalue weighted by Crippen LogP contribution is 2.39. The van der Waals surface area contributed by atoms with Crippen molar-refractivity contribution in [2.45, 2.75) is 6.54 Å². The fourth-order valence-electron chi connectivity index (χ4n) is 3.64. The van der Waals surface area contributed by atoms with Crippen LogP contribution in [0.4, 0.5) is 0 Å². The molecule has 0 unspecified atom stereocenters. The molecule has 30 heavy (non-hydrogen) atoms. The molecule has 4 rings (SSSR count). The van der Waals surface area contributed by atoms with Crippen molar-refractivity contribution in [3.63, 3.8) is 0 Å². The van der Waals surface area contributed by atoms with Gasteiger partial charge in [-0.2, -0.15) is 0 Å². The maximum atomic E-state index is 13.1. The van der Waals surface area contributed by atoms with Crippen molar-refractivity contribution in [3.8, 4) is 11.5 Å². The van der Waals surface area contributed by atoms with Crippen molar-refractivity contribution >= 4 is 17.6 Å². The first-order valence-electron chi connectivity index (χ1n) is 9.77. The minimum Gasteiger partial charge on any atom is -0.496 e. The maximum Gasteiger partial charge on any atom is 0.252 e. The summed E-state index contributed by atoms with van der Waals surface area (Å²) in [6.07, 6.45) is 3.69. The van der Waals surface area contributed by atoms with Crippen molar-refractivity contribution in [2.24, 2.45) is 0 Å². The number of nitrogens with zero attached hydrogens (tertiary/aromatic N) is 1. The van der Waals surface area contributed by atoms with Crippen LogP contribution in [0, 0.1) is 0 Å². The largest absolute Gasteiger partial charge is 0.496 e. The predicted octanol–water partition coefficient (Wildman–Crippen LogP) is 5.17. The monoisotopic (exact) mass is 397 g/mol. The Morgan fingerprint density at radius 2 is 1.43 bits per heavy atom. The lowest BCUT2D eigenvalue weighted by atomic mass is 10.0. The molecular weight excluding hydrogens is 374 g/mol. The molecule has 0 N–H and O–H groups in total. The Balaban J connectivity index is 1.84. The SMILES string of the molecule is COc1ccccc1/C=C1/C(c2ccccc2OC)=CC(=O)N1Cc1ccccc1. The average molecular weight is 397 g/mol. The van der Waals surface area contributed by atoms with Gasteiger partial charge >= 0.3 is 0 Å². The van der Waals surface area contributed by atoms with Gasteiger partial charge in [-0.3, -0.25) is 4.79 Å². The average Bonchev–Trinajstić information content (AvgIpc) is 3.09. The van der Waals surface area contributed by atoms with Crippen LogP contribution in [0.3, 0.4) is 0 Å². The summed E-state index contributed by atoms with van der Waals surface area (Å²) in [6.45, 7) is 0.482. The van der Waals surface area contributed by atoms with Gasteiger partial charge in [-0.05, 0) is 23.8 Å². The normalized spacial score (nSPS) is 14.7. The summed E-state index contributed by atoms with van der Waals surface area (Å²) in [5.41, 5.74) is 4.50. The first-order valence-corrected chi connectivity index (χ1v) is 9.77. The van der Waals surface area contributed by atoms with Crippen LogP contribution < -0.4 is 9.47 Å². The molecule has 1 aliphatic heterocycles. The van der Waals surface area contributed by atoms with E-state index in [9.17, 15) is 4.79 Å². The molecule has 3 aromatic rings. The molecule has 0 radical (unpaired) electrons. The molecule has 0 fully saturated rings. The second kappa shape index (κ2) is 8.70. The van der Waals surface area contributed by atoms with Crippen molar-refractivity contribution in [2.75, 3.05) is 14.2 Å². The molecule has 150 valence electrons. The summed E-state index contributed by atoms with van der Waals surface area (Å²) in [7, 11) is 3.29. The van der Waals surface area contributed by atoms with Crippen molar-refractivity contribution in [3.05, 3.63) is 107 Å². The van der Waals surface area contributed by atoms with Gasteiger partial charge in [0.2, 0.25) is 0 Å². The van der Waals surface area contributed by atoms with E-state index in [2.05, 4.69) is 0 Å². The van der Waals surface area contributed by atoms with Crippen LogP contribution in [0.25, 0.3) is 11.6 Å². The molecule has 3 aromatic carbocycles. The van der Waals surface area contributed by atoms with Crippen LogP contribution in [-0.2, 0) is 11.3 Å². The van der Waals surface area contributed by atoms with E-state index >= 15 is 0 Å². The lowest BCUT2D eigenvalue weighted by molar-refractivity contribution is -0.123. The molecule has 0 saturated carbocycles. The molecule has 0 aromatic heterocycles. The van der Waals surface area contributed by atoms with Gasteiger partial charge in [-0.25, -0.2) is 0 Å². The van der Waals surface area contributed by atoms with E-state index < -0.39 is 0 Å². The van der Waals surface area contributed by atoms with Gasteiger partial charge in [0, 0.05) is 22.8 Å². The maximum absolute atomic E-state index is 13.1. The van der Waals surface area contributed by atoms with Crippen LogP contribution in [0.1, 0.15) is 16.7 Å². The van der Waals surface area contributed by atoms with E-state index in [0.29, 0.717) is 6.54 Å². The topological polar surface area (TPSA) is 38.8 Å². The number of carbonyl (C=O) groups is 1. The van der Waals surface area contributed by atoms with Gasteiger partial charge in [-0.15, -0.1) is 0 Å². The molecule has 1 heterocycles. The molecule has 0 bridgehead atoms. The zero-order valence-electron chi connectivity index (χ0n) is 17.0. The number of carbonyl (C=O) groups excluding carboxylic acids is 1. The molecule has 0 aliphatic carbocycles. The van der Waals surface area contributed by atoms with E-state index in [4.69, 9.17) is 9.47 Å². The van der Waals surface area contributed by atoms with Gasteiger partial charge in [0.15, 0.2) is 0 Å². The van der Waals surface area contributed by atoms with Crippen LogP contribution in [0.5, 0.6) is 11.5 Å². The molecule has 1 amide bonds. The summed E-state index contributed by atoms with van der Waals surface area (Å²) >= 11 is 0. The number of para-hydroxylation sites is 2. The van der Waals surface area contributed by atoms with E-state index in [1.54, 1.807) is 25.2 Å². The predicted molar refractivity (Wildman–Crippen MR) is 119 cm³/mol. The first-order chi connectivity index (χ1) is 14.7. The van der Waals surface area contributed by atoms with E-state index in [1.165, 1.54) is 0 Å². The third kappa shape index (κ3) is 3.85. The highest BCUT2D eigenvalue weighted by atomic mass is 16.5. The second-order valence-electron chi connectivity index (χ2n) is 6.94. The molecule has 0 atom stereocenters. The summed E-state index contributed by atoms with van der Waals surface area (Å²) < 4.78 is 11.1. The fourth-order valence-corrected chi connectivity index (χ4v) is 3.64. The molecule has 1 aliphatic rings. The molecule has 0 saturated heterocycles. The standard InChI is InChI=1S/C26H23NO3/c1-29-24-14-8-6-12-20(24)16-23-22(21-13-7-9-15-25(21)30-2)17-26(28)27(23)18-19-10-4-3-5-11-19/h3-17H,18H2,1-2H3/b23-16-. The minimum atomic E-state index is -0.0547. The molecule has 4 nitrogen and oxygen atoms in total. The zero-order valence-corrected chi connectivity index (χ0v) is 17.0. The second-order valence-corrected chi connectivity index (χ2v) is 6.94. The van der Waals surface area contributed by atoms with Crippen LogP contribution in [0.15, 0.2) is 90.6 Å². The Hall–Kier alpha value is -3.79. The molecule has 4 heteroatoms. The first kappa shape index (κ1) is 19.5. The number of hydrogen-bond acceptors (Lipinski definition) is 3. The quantitative estimate of drug-likeness (QED) is 0.576. The number of hydrogen-bond donors (Lipinski definition) is 0. The van der Waals surface area contributed by atoms with Crippen LogP contribution >= 0.6 is 0 Å². The Labute approximate surface area is 176 Å². The summed E-state index contributed by atoms with van der Waals surface area (Å²) in [5, 5.41) is 0. The van der Waals surface area contributed by atoms with Gasteiger partial charge in [-0.1, -0.05) is 66.7 Å². The number of ether oxygens (including phenoxy) is 2.